The van der Waals surface area contributed by atoms with Crippen LogP contribution in [0.15, 0.2) is 224 Å². The molecule has 0 aliphatic rings. The number of rotatable bonds is 3. The van der Waals surface area contributed by atoms with Crippen LogP contribution in [0, 0.1) is 0 Å². The van der Waals surface area contributed by atoms with E-state index in [9.17, 15) is 0 Å². The first-order chi connectivity index (χ1) is 35.2. The SMILES string of the molecule is c1ccc2cc(-n3c4ccc(-n5c6ccccc6c6c7ccccc7c7c8ccccc8sc7c65)cc4c4cc(-n5c6ccccc6c6c7ccccc7c7c8ccccc8sc7c65)ccc43)ccc2c1. The summed E-state index contributed by atoms with van der Waals surface area (Å²) in [5.74, 6) is 0. The van der Waals surface area contributed by atoms with Crippen molar-refractivity contribution in [1.82, 2.24) is 13.7 Å². The van der Waals surface area contributed by atoms with Crippen LogP contribution >= 0.6 is 22.7 Å². The Hall–Kier alpha value is -8.74. The van der Waals surface area contributed by atoms with Crippen molar-refractivity contribution >= 4 is 161 Å². The van der Waals surface area contributed by atoms with Gasteiger partial charge in [0.2, 0.25) is 0 Å². The second kappa shape index (κ2) is 14.0. The molecule has 17 aromatic rings. The van der Waals surface area contributed by atoms with Crippen LogP contribution in [0.2, 0.25) is 0 Å². The standard InChI is InChI=1S/C66H37N3S2/c1-2-16-39-35-40(30-29-38(39)15-1)67-55-33-31-41(68-53-25-11-7-21-47(53)59-43-17-3-5-19-45(43)61-49-23-9-13-27-57(49)70-65(61)63(59)68)36-51(55)52-37-42(32-34-56(52)67)69-54-26-12-8-22-48(54)60-44-18-4-6-20-46(44)62-50-24-10-14-28-58(50)71-66(62)64(60)69/h1-37H. The Bertz CT molecular complexity index is 4900. The van der Waals surface area contributed by atoms with Gasteiger partial charge in [-0.15, -0.1) is 22.7 Å². The zero-order valence-electron chi connectivity index (χ0n) is 38.0. The Morgan fingerprint density at radius 2 is 0.606 bits per heavy atom. The minimum Gasteiger partial charge on any atom is -0.309 e. The number of aromatic nitrogens is 3. The molecular formula is C66H37N3S2. The lowest BCUT2D eigenvalue weighted by molar-refractivity contribution is 1.17. The summed E-state index contributed by atoms with van der Waals surface area (Å²) in [6.45, 7) is 0. The van der Waals surface area contributed by atoms with E-state index < -0.39 is 0 Å². The van der Waals surface area contributed by atoms with Gasteiger partial charge in [-0.05, 0) is 105 Å². The fourth-order valence-corrected chi connectivity index (χ4v) is 15.2. The summed E-state index contributed by atoms with van der Waals surface area (Å²) in [6.07, 6.45) is 0. The third-order valence-corrected chi connectivity index (χ3v) is 17.9. The molecule has 0 aliphatic heterocycles. The number of nitrogens with zero attached hydrogens (tertiary/aromatic N) is 3. The number of fused-ring (bicyclic) bond motifs is 24. The van der Waals surface area contributed by atoms with Crippen molar-refractivity contribution in [2.24, 2.45) is 0 Å². The second-order valence-electron chi connectivity index (χ2n) is 19.1. The number of para-hydroxylation sites is 2. The van der Waals surface area contributed by atoms with Crippen LogP contribution in [0.1, 0.15) is 0 Å². The van der Waals surface area contributed by atoms with Crippen molar-refractivity contribution in [3.63, 3.8) is 0 Å². The van der Waals surface area contributed by atoms with E-state index >= 15 is 0 Å². The van der Waals surface area contributed by atoms with E-state index in [-0.39, 0.29) is 0 Å². The summed E-state index contributed by atoms with van der Waals surface area (Å²) in [5.41, 5.74) is 10.8. The summed E-state index contributed by atoms with van der Waals surface area (Å²) in [7, 11) is 0. The molecule has 0 saturated heterocycles. The molecule has 5 heterocycles. The second-order valence-corrected chi connectivity index (χ2v) is 21.2. The van der Waals surface area contributed by atoms with Crippen molar-refractivity contribution in [3.05, 3.63) is 224 Å². The van der Waals surface area contributed by atoms with Crippen molar-refractivity contribution < 1.29 is 0 Å². The Balaban J connectivity index is 1.01. The number of thiophene rings is 2. The van der Waals surface area contributed by atoms with E-state index in [1.807, 2.05) is 22.7 Å². The molecule has 5 heteroatoms. The maximum atomic E-state index is 2.56. The first-order valence-corrected chi connectivity index (χ1v) is 26.0. The van der Waals surface area contributed by atoms with Gasteiger partial charge in [-0.3, -0.25) is 0 Å². The topological polar surface area (TPSA) is 14.8 Å². The molecule has 0 saturated carbocycles. The number of hydrogen-bond acceptors (Lipinski definition) is 2. The average Bonchev–Trinajstić information content (AvgIpc) is 4.25. The Morgan fingerprint density at radius 3 is 1.11 bits per heavy atom. The monoisotopic (exact) mass is 935 g/mol. The zero-order valence-corrected chi connectivity index (χ0v) is 39.7. The van der Waals surface area contributed by atoms with E-state index in [1.54, 1.807) is 0 Å². The van der Waals surface area contributed by atoms with Gasteiger partial charge in [0.1, 0.15) is 0 Å². The first kappa shape index (κ1) is 38.1. The molecular weight excluding hydrogens is 899 g/mol. The van der Waals surface area contributed by atoms with Gasteiger partial charge in [-0.2, -0.15) is 0 Å². The normalized spacial score (nSPS) is 12.5. The van der Waals surface area contributed by atoms with Gasteiger partial charge in [-0.1, -0.05) is 152 Å². The molecule has 0 radical (unpaired) electrons. The van der Waals surface area contributed by atoms with Gasteiger partial charge in [0, 0.05) is 80.3 Å². The molecule has 328 valence electrons. The van der Waals surface area contributed by atoms with Crippen molar-refractivity contribution in [3.8, 4) is 17.1 Å². The fourth-order valence-electron chi connectivity index (χ4n) is 12.7. The molecule has 0 N–H and O–H groups in total. The molecule has 71 heavy (non-hydrogen) atoms. The number of hydrogen-bond donors (Lipinski definition) is 0. The van der Waals surface area contributed by atoms with Crippen LogP contribution in [0.3, 0.4) is 0 Å². The van der Waals surface area contributed by atoms with E-state index in [0.717, 1.165) is 17.1 Å². The summed E-state index contributed by atoms with van der Waals surface area (Å²) < 4.78 is 12.9. The van der Waals surface area contributed by atoms with Crippen molar-refractivity contribution in [2.45, 2.75) is 0 Å². The molecule has 3 nitrogen and oxygen atoms in total. The highest BCUT2D eigenvalue weighted by atomic mass is 32.1. The van der Waals surface area contributed by atoms with Gasteiger partial charge < -0.3 is 13.7 Å². The largest absolute Gasteiger partial charge is 0.309 e. The quantitative estimate of drug-likeness (QED) is 0.168. The lowest BCUT2D eigenvalue weighted by atomic mass is 9.99. The van der Waals surface area contributed by atoms with E-state index in [1.165, 1.54) is 138 Å². The molecule has 12 aromatic carbocycles. The molecule has 17 rings (SSSR count). The van der Waals surface area contributed by atoms with Crippen molar-refractivity contribution in [1.29, 1.82) is 0 Å². The lowest BCUT2D eigenvalue weighted by Gasteiger charge is -2.12. The van der Waals surface area contributed by atoms with E-state index in [4.69, 9.17) is 0 Å². The molecule has 5 aromatic heterocycles. The smallest absolute Gasteiger partial charge is 0.0726 e. The van der Waals surface area contributed by atoms with Crippen LogP contribution in [0.25, 0.3) is 155 Å². The molecule has 0 spiro atoms. The third kappa shape index (κ3) is 5.01. The molecule has 0 unspecified atom stereocenters. The van der Waals surface area contributed by atoms with Gasteiger partial charge in [0.25, 0.3) is 0 Å². The van der Waals surface area contributed by atoms with Crippen LogP contribution in [0.5, 0.6) is 0 Å². The van der Waals surface area contributed by atoms with Crippen LogP contribution in [-0.4, -0.2) is 13.7 Å². The maximum absolute atomic E-state index is 2.56. The predicted octanol–water partition coefficient (Wildman–Crippen LogP) is 19.2. The summed E-state index contributed by atoms with van der Waals surface area (Å²) in [4.78, 5) is 0. The molecule has 0 fully saturated rings. The predicted molar refractivity (Wildman–Crippen MR) is 308 cm³/mol. The Morgan fingerprint density at radius 1 is 0.239 bits per heavy atom. The highest BCUT2D eigenvalue weighted by Gasteiger charge is 2.25. The Labute approximate surface area is 413 Å². The first-order valence-electron chi connectivity index (χ1n) is 24.3. The van der Waals surface area contributed by atoms with Crippen LogP contribution in [-0.2, 0) is 0 Å². The molecule has 0 atom stereocenters. The number of benzene rings is 12. The Kier molecular flexibility index (Phi) is 7.50. The zero-order chi connectivity index (χ0) is 46.1. The highest BCUT2D eigenvalue weighted by Crippen LogP contribution is 2.50. The van der Waals surface area contributed by atoms with Gasteiger partial charge in [0.05, 0.1) is 42.5 Å². The summed E-state index contributed by atoms with van der Waals surface area (Å²) in [5, 5.41) is 20.5. The molecule has 0 amide bonds. The maximum Gasteiger partial charge on any atom is 0.0726 e. The van der Waals surface area contributed by atoms with Gasteiger partial charge >= 0.3 is 0 Å². The van der Waals surface area contributed by atoms with Crippen LogP contribution in [0.4, 0.5) is 0 Å². The molecule has 0 bridgehead atoms. The summed E-state index contributed by atoms with van der Waals surface area (Å²) >= 11 is 3.83. The summed E-state index contributed by atoms with van der Waals surface area (Å²) in [6, 6.07) is 84.0. The minimum absolute atomic E-state index is 1.15. The van der Waals surface area contributed by atoms with Gasteiger partial charge in [0.15, 0.2) is 0 Å². The van der Waals surface area contributed by atoms with Crippen molar-refractivity contribution in [2.75, 3.05) is 0 Å². The highest BCUT2D eigenvalue weighted by molar-refractivity contribution is 7.27. The van der Waals surface area contributed by atoms with E-state index in [0.29, 0.717) is 0 Å². The lowest BCUT2D eigenvalue weighted by Crippen LogP contribution is -1.96. The minimum atomic E-state index is 1.15. The van der Waals surface area contributed by atoms with E-state index in [2.05, 4.69) is 238 Å². The average molecular weight is 936 g/mol. The molecule has 0 aliphatic carbocycles. The fraction of sp³-hybridized carbons (Fsp3) is 0. The van der Waals surface area contributed by atoms with Crippen LogP contribution < -0.4 is 0 Å². The van der Waals surface area contributed by atoms with Gasteiger partial charge in [-0.25, -0.2) is 0 Å². The third-order valence-electron chi connectivity index (χ3n) is 15.5.